The van der Waals surface area contributed by atoms with Gasteiger partial charge in [-0.15, -0.1) is 0 Å². The van der Waals surface area contributed by atoms with Crippen LogP contribution in [0.3, 0.4) is 0 Å². The fourth-order valence-electron chi connectivity index (χ4n) is 2.49. The van der Waals surface area contributed by atoms with Crippen LogP contribution in [0.4, 0.5) is 0 Å². The maximum Gasteiger partial charge on any atom is 0.257 e. The molecule has 2 aromatic carbocycles. The Bertz CT molecular complexity index is 891. The minimum absolute atomic E-state index is 0.254. The molecule has 0 saturated heterocycles. The molecule has 0 aliphatic heterocycles. The maximum absolute atomic E-state index is 12.6. The van der Waals surface area contributed by atoms with E-state index in [1.54, 1.807) is 50.7 Å². The molecule has 0 aliphatic carbocycles. The highest BCUT2D eigenvalue weighted by molar-refractivity contribution is 5.96. The Kier molecular flexibility index (Phi) is 5.89. The van der Waals surface area contributed by atoms with Gasteiger partial charge in [0.2, 0.25) is 5.88 Å². The lowest BCUT2D eigenvalue weighted by atomic mass is 10.2. The molecule has 1 N–H and O–H groups in total. The highest BCUT2D eigenvalue weighted by Gasteiger charge is 2.14. The molecular formula is C21H20N2O4. The predicted molar refractivity (Wildman–Crippen MR) is 101 cm³/mol. The van der Waals surface area contributed by atoms with Gasteiger partial charge >= 0.3 is 0 Å². The number of hydrogen-bond acceptors (Lipinski definition) is 5. The van der Waals surface area contributed by atoms with Gasteiger partial charge in [0.15, 0.2) is 0 Å². The van der Waals surface area contributed by atoms with Crippen molar-refractivity contribution >= 4 is 5.91 Å². The Labute approximate surface area is 157 Å². The van der Waals surface area contributed by atoms with E-state index in [2.05, 4.69) is 10.3 Å². The Morgan fingerprint density at radius 2 is 1.63 bits per heavy atom. The minimum atomic E-state index is -0.282. The van der Waals surface area contributed by atoms with Crippen LogP contribution in [0.15, 0.2) is 66.9 Å². The van der Waals surface area contributed by atoms with E-state index in [4.69, 9.17) is 14.2 Å². The quantitative estimate of drug-likeness (QED) is 0.690. The van der Waals surface area contributed by atoms with E-state index in [1.807, 2.05) is 30.3 Å². The lowest BCUT2D eigenvalue weighted by Crippen LogP contribution is -2.23. The van der Waals surface area contributed by atoms with E-state index in [-0.39, 0.29) is 11.8 Å². The first-order valence-electron chi connectivity index (χ1n) is 8.37. The van der Waals surface area contributed by atoms with Crippen molar-refractivity contribution in [1.29, 1.82) is 0 Å². The molecule has 0 unspecified atom stereocenters. The van der Waals surface area contributed by atoms with Gasteiger partial charge in [0, 0.05) is 18.8 Å². The van der Waals surface area contributed by atoms with Crippen molar-refractivity contribution in [2.45, 2.75) is 6.54 Å². The number of hydrogen-bond donors (Lipinski definition) is 1. The molecule has 138 valence electrons. The van der Waals surface area contributed by atoms with E-state index in [9.17, 15) is 4.79 Å². The molecule has 1 aromatic heterocycles. The van der Waals surface area contributed by atoms with Crippen LogP contribution in [0, 0.1) is 0 Å². The SMILES string of the molecule is COc1cc(CNC(=O)c2cccnc2Oc2ccccc2)cc(OC)c1. The fourth-order valence-corrected chi connectivity index (χ4v) is 2.49. The summed E-state index contributed by atoms with van der Waals surface area (Å²) in [5.74, 6) is 1.91. The van der Waals surface area contributed by atoms with Crippen LogP contribution in [0.2, 0.25) is 0 Å². The van der Waals surface area contributed by atoms with Crippen molar-refractivity contribution in [3.63, 3.8) is 0 Å². The first kappa shape index (κ1) is 18.3. The van der Waals surface area contributed by atoms with Gasteiger partial charge in [0.25, 0.3) is 5.91 Å². The number of benzene rings is 2. The molecule has 0 bridgehead atoms. The van der Waals surface area contributed by atoms with Crippen molar-refractivity contribution in [2.24, 2.45) is 0 Å². The van der Waals surface area contributed by atoms with Crippen LogP contribution < -0.4 is 19.5 Å². The molecule has 1 amide bonds. The number of nitrogens with zero attached hydrogens (tertiary/aromatic N) is 1. The van der Waals surface area contributed by atoms with Gasteiger partial charge in [-0.1, -0.05) is 18.2 Å². The van der Waals surface area contributed by atoms with E-state index in [0.29, 0.717) is 29.4 Å². The number of nitrogens with one attached hydrogen (secondary N) is 1. The zero-order chi connectivity index (χ0) is 19.1. The number of carbonyl (C=O) groups excluding carboxylic acids is 1. The molecular weight excluding hydrogens is 344 g/mol. The highest BCUT2D eigenvalue weighted by atomic mass is 16.5. The van der Waals surface area contributed by atoms with Crippen LogP contribution >= 0.6 is 0 Å². The van der Waals surface area contributed by atoms with Crippen LogP contribution in [0.1, 0.15) is 15.9 Å². The Balaban J connectivity index is 1.73. The number of carbonyl (C=O) groups is 1. The third-order valence-corrected chi connectivity index (χ3v) is 3.84. The lowest BCUT2D eigenvalue weighted by Gasteiger charge is -2.12. The smallest absolute Gasteiger partial charge is 0.257 e. The minimum Gasteiger partial charge on any atom is -0.497 e. The summed E-state index contributed by atoms with van der Waals surface area (Å²) in [6, 6.07) is 18.0. The van der Waals surface area contributed by atoms with Gasteiger partial charge in [-0.2, -0.15) is 0 Å². The van der Waals surface area contributed by atoms with Crippen molar-refractivity contribution in [1.82, 2.24) is 10.3 Å². The summed E-state index contributed by atoms with van der Waals surface area (Å²) in [6.07, 6.45) is 1.59. The average Bonchev–Trinajstić information content (AvgIpc) is 2.72. The van der Waals surface area contributed by atoms with Crippen LogP contribution in [0.25, 0.3) is 0 Å². The third-order valence-electron chi connectivity index (χ3n) is 3.84. The van der Waals surface area contributed by atoms with E-state index in [1.165, 1.54) is 0 Å². The number of ether oxygens (including phenoxy) is 3. The first-order chi connectivity index (χ1) is 13.2. The Morgan fingerprint density at radius 3 is 2.30 bits per heavy atom. The average molecular weight is 364 g/mol. The standard InChI is InChI=1S/C21H20N2O4/c1-25-17-11-15(12-18(13-17)26-2)14-23-20(24)19-9-6-10-22-21(19)27-16-7-4-3-5-8-16/h3-13H,14H2,1-2H3,(H,23,24). The maximum atomic E-state index is 12.6. The Morgan fingerprint density at radius 1 is 0.926 bits per heavy atom. The molecule has 3 aromatic rings. The van der Waals surface area contributed by atoms with Gasteiger partial charge in [0.1, 0.15) is 22.8 Å². The van der Waals surface area contributed by atoms with Crippen LogP contribution in [-0.2, 0) is 6.54 Å². The number of aromatic nitrogens is 1. The van der Waals surface area contributed by atoms with Crippen molar-refractivity contribution in [3.8, 4) is 23.1 Å². The molecule has 3 rings (SSSR count). The molecule has 6 nitrogen and oxygen atoms in total. The van der Waals surface area contributed by atoms with Gasteiger partial charge in [-0.3, -0.25) is 4.79 Å². The molecule has 0 fully saturated rings. The second kappa shape index (κ2) is 8.71. The third kappa shape index (κ3) is 4.76. The summed E-state index contributed by atoms with van der Waals surface area (Å²) < 4.78 is 16.2. The number of rotatable bonds is 7. The van der Waals surface area contributed by atoms with Crippen LogP contribution in [-0.4, -0.2) is 25.1 Å². The van der Waals surface area contributed by atoms with E-state index >= 15 is 0 Å². The molecule has 1 heterocycles. The molecule has 6 heteroatoms. The summed E-state index contributed by atoms with van der Waals surface area (Å²) in [5, 5.41) is 2.87. The number of pyridine rings is 1. The summed E-state index contributed by atoms with van der Waals surface area (Å²) in [4.78, 5) is 16.8. The summed E-state index contributed by atoms with van der Waals surface area (Å²) in [7, 11) is 3.17. The van der Waals surface area contributed by atoms with Gasteiger partial charge in [-0.25, -0.2) is 4.98 Å². The number of para-hydroxylation sites is 1. The van der Waals surface area contributed by atoms with Crippen LogP contribution in [0.5, 0.6) is 23.1 Å². The number of methoxy groups -OCH3 is 2. The topological polar surface area (TPSA) is 69.7 Å². The van der Waals surface area contributed by atoms with E-state index in [0.717, 1.165) is 5.56 Å². The zero-order valence-corrected chi connectivity index (χ0v) is 15.1. The second-order valence-corrected chi connectivity index (χ2v) is 5.67. The summed E-state index contributed by atoms with van der Waals surface area (Å²) >= 11 is 0. The van der Waals surface area contributed by atoms with E-state index < -0.39 is 0 Å². The lowest BCUT2D eigenvalue weighted by molar-refractivity contribution is 0.0948. The molecule has 0 radical (unpaired) electrons. The summed E-state index contributed by atoms with van der Waals surface area (Å²) in [6.45, 7) is 0.312. The van der Waals surface area contributed by atoms with Gasteiger partial charge < -0.3 is 19.5 Å². The normalized spacial score (nSPS) is 10.1. The highest BCUT2D eigenvalue weighted by Crippen LogP contribution is 2.24. The molecule has 27 heavy (non-hydrogen) atoms. The summed E-state index contributed by atoms with van der Waals surface area (Å²) in [5.41, 5.74) is 1.21. The van der Waals surface area contributed by atoms with Gasteiger partial charge in [-0.05, 0) is 42.0 Å². The molecule has 0 saturated carbocycles. The predicted octanol–water partition coefficient (Wildman–Crippen LogP) is 3.82. The largest absolute Gasteiger partial charge is 0.497 e. The monoisotopic (exact) mass is 364 g/mol. The molecule has 0 spiro atoms. The van der Waals surface area contributed by atoms with Crippen molar-refractivity contribution in [3.05, 3.63) is 78.0 Å². The van der Waals surface area contributed by atoms with Gasteiger partial charge in [0.05, 0.1) is 14.2 Å². The molecule has 0 aliphatic rings. The molecule has 0 atom stereocenters. The van der Waals surface area contributed by atoms with Crippen molar-refractivity contribution < 1.29 is 19.0 Å². The second-order valence-electron chi connectivity index (χ2n) is 5.67. The van der Waals surface area contributed by atoms with Crippen molar-refractivity contribution in [2.75, 3.05) is 14.2 Å². The Hall–Kier alpha value is -3.54. The first-order valence-corrected chi connectivity index (χ1v) is 8.37. The zero-order valence-electron chi connectivity index (χ0n) is 15.1. The fraction of sp³-hybridized carbons (Fsp3) is 0.143. The number of amides is 1.